The number of thioether (sulfide) groups is 1. The Morgan fingerprint density at radius 1 is 0.589 bits per heavy atom. The van der Waals surface area contributed by atoms with Gasteiger partial charge in [0.2, 0.25) is 23.6 Å². The standard InChI is InChI=1S/C61H88N6O22S/c1-42-9-10-47(39-50(42)87-36-35-86-34-33-85-32-31-84-30-29-83-28-27-82-26-21-63-52(72)16-15-51(71)62-19-24-81-25-20-64-53(73)17-18-54(74)75)59(78)65-22-38-90-37-6-23-88-61(60(79)80)40-48(69)55(67-43(2)68)57(89-61)56(76)49(70)41-66-58(77)46-13-11-45(12-14-46)44-7-4-3-5-8-44/h3-5,7-14,39,48-49,55-57,69-70,76H,6,15-38,40-41H2,1-2H3,(H,62,71)(H,63,72)(H,64,73)(H,65,78)(H,66,77)(H,67,68)(H,74,75)(H,79,80)/t48-,49+,55+,56+,57+,61+/m0/s1. The van der Waals surface area contributed by atoms with E-state index in [4.69, 9.17) is 47.7 Å². The largest absolute Gasteiger partial charge is 0.491 e. The van der Waals surface area contributed by atoms with Gasteiger partial charge in [0.15, 0.2) is 0 Å². The summed E-state index contributed by atoms with van der Waals surface area (Å²) in [5.41, 5.74) is 3.36. The molecule has 4 rings (SSSR count). The van der Waals surface area contributed by atoms with Crippen molar-refractivity contribution in [2.75, 3.05) is 137 Å². The number of hydrogen-bond acceptors (Lipinski definition) is 21. The number of aliphatic carboxylic acids is 2. The van der Waals surface area contributed by atoms with Crippen LogP contribution in [0.1, 0.15) is 71.7 Å². The summed E-state index contributed by atoms with van der Waals surface area (Å²) in [6.07, 6.45) is -7.49. The minimum atomic E-state index is -2.46. The lowest BCUT2D eigenvalue weighted by Gasteiger charge is -2.46. The first-order chi connectivity index (χ1) is 43.4. The van der Waals surface area contributed by atoms with Gasteiger partial charge >= 0.3 is 11.9 Å². The van der Waals surface area contributed by atoms with Crippen LogP contribution in [0.2, 0.25) is 0 Å². The molecule has 0 saturated carbocycles. The molecule has 0 spiro atoms. The van der Waals surface area contributed by atoms with Crippen LogP contribution >= 0.6 is 11.8 Å². The minimum Gasteiger partial charge on any atom is -0.491 e. The van der Waals surface area contributed by atoms with Crippen LogP contribution in [-0.2, 0) is 66.7 Å². The molecule has 1 aliphatic heterocycles. The summed E-state index contributed by atoms with van der Waals surface area (Å²) in [5, 5.41) is 68.1. The van der Waals surface area contributed by atoms with Gasteiger partial charge in [-0.2, -0.15) is 11.8 Å². The van der Waals surface area contributed by atoms with E-state index < -0.39 is 73.0 Å². The van der Waals surface area contributed by atoms with Crippen LogP contribution in [0.4, 0.5) is 0 Å². The molecule has 500 valence electrons. The van der Waals surface area contributed by atoms with Crippen molar-refractivity contribution in [2.24, 2.45) is 0 Å². The molecule has 0 unspecified atom stereocenters. The van der Waals surface area contributed by atoms with E-state index in [2.05, 4.69) is 31.9 Å². The van der Waals surface area contributed by atoms with Crippen molar-refractivity contribution in [1.82, 2.24) is 31.9 Å². The summed E-state index contributed by atoms with van der Waals surface area (Å²) >= 11 is 1.47. The van der Waals surface area contributed by atoms with Gasteiger partial charge in [-0.25, -0.2) is 4.79 Å². The summed E-state index contributed by atoms with van der Waals surface area (Å²) in [6, 6.07) is 20.1. The van der Waals surface area contributed by atoms with Gasteiger partial charge in [0.05, 0.1) is 111 Å². The molecule has 1 aliphatic rings. The van der Waals surface area contributed by atoms with Crippen molar-refractivity contribution in [1.29, 1.82) is 0 Å². The van der Waals surface area contributed by atoms with Crippen molar-refractivity contribution < 1.29 is 107 Å². The maximum atomic E-state index is 13.0. The van der Waals surface area contributed by atoms with Crippen molar-refractivity contribution in [3.8, 4) is 16.9 Å². The highest BCUT2D eigenvalue weighted by Crippen LogP contribution is 2.34. The molecule has 0 bridgehead atoms. The highest BCUT2D eigenvalue weighted by atomic mass is 32.2. The van der Waals surface area contributed by atoms with E-state index in [0.29, 0.717) is 88.6 Å². The molecule has 6 amide bonds. The number of amides is 6. The van der Waals surface area contributed by atoms with Gasteiger partial charge in [-0.05, 0) is 60.1 Å². The van der Waals surface area contributed by atoms with Gasteiger partial charge in [-0.15, -0.1) is 0 Å². The second kappa shape index (κ2) is 43.8. The molecule has 3 aromatic rings. The van der Waals surface area contributed by atoms with Gasteiger partial charge < -0.3 is 100 Å². The molecule has 6 atom stereocenters. The highest BCUT2D eigenvalue weighted by Gasteiger charge is 2.55. The molecular weight excluding hydrogens is 1200 g/mol. The number of benzene rings is 3. The molecule has 1 fully saturated rings. The lowest BCUT2D eigenvalue weighted by atomic mass is 9.88. The Balaban J connectivity index is 0.973. The zero-order valence-corrected chi connectivity index (χ0v) is 51.8. The van der Waals surface area contributed by atoms with Crippen molar-refractivity contribution >= 4 is 59.1 Å². The number of ether oxygens (including phenoxy) is 9. The number of aliphatic hydroxyl groups excluding tert-OH is 3. The van der Waals surface area contributed by atoms with Crippen LogP contribution in [0, 0.1) is 6.92 Å². The fourth-order valence-corrected chi connectivity index (χ4v) is 9.34. The summed E-state index contributed by atoms with van der Waals surface area (Å²) in [5.74, 6) is -6.00. The maximum Gasteiger partial charge on any atom is 0.364 e. The van der Waals surface area contributed by atoms with E-state index >= 15 is 0 Å². The van der Waals surface area contributed by atoms with Gasteiger partial charge in [0.25, 0.3) is 17.6 Å². The molecule has 28 nitrogen and oxygen atoms in total. The Bertz CT molecular complexity index is 2650. The average molecular weight is 1290 g/mol. The fraction of sp³-hybridized carbons (Fsp3) is 0.574. The van der Waals surface area contributed by atoms with Gasteiger partial charge in [-0.1, -0.05) is 48.5 Å². The molecule has 29 heteroatoms. The van der Waals surface area contributed by atoms with E-state index in [0.717, 1.165) is 23.6 Å². The summed E-state index contributed by atoms with van der Waals surface area (Å²) in [7, 11) is 0. The second-order valence-corrected chi connectivity index (χ2v) is 21.6. The van der Waals surface area contributed by atoms with Gasteiger partial charge in [0.1, 0.15) is 24.6 Å². The van der Waals surface area contributed by atoms with Crippen LogP contribution in [-0.4, -0.2) is 246 Å². The van der Waals surface area contributed by atoms with Crippen LogP contribution in [0.5, 0.6) is 5.75 Å². The number of carbonyl (C=O) groups is 8. The molecule has 0 aliphatic carbocycles. The van der Waals surface area contributed by atoms with E-state index in [1.54, 1.807) is 42.5 Å². The first-order valence-corrected chi connectivity index (χ1v) is 30.9. The zero-order valence-electron chi connectivity index (χ0n) is 51.0. The van der Waals surface area contributed by atoms with E-state index in [1.807, 2.05) is 37.3 Å². The third-order valence-corrected chi connectivity index (χ3v) is 14.4. The van der Waals surface area contributed by atoms with Crippen molar-refractivity contribution in [2.45, 2.75) is 88.6 Å². The number of aryl methyl sites for hydroxylation is 1. The molecule has 3 aromatic carbocycles. The predicted octanol–water partition coefficient (Wildman–Crippen LogP) is 0.591. The summed E-state index contributed by atoms with van der Waals surface area (Å²) < 4.78 is 50.4. The van der Waals surface area contributed by atoms with Crippen LogP contribution in [0.3, 0.4) is 0 Å². The molecular formula is C61H88N6O22S. The summed E-state index contributed by atoms with van der Waals surface area (Å²) in [6.45, 7) is 7.50. The second-order valence-electron chi connectivity index (χ2n) is 20.4. The normalized spacial score (nSPS) is 16.9. The topological polar surface area (TPSA) is 393 Å². The molecule has 11 N–H and O–H groups in total. The molecule has 90 heavy (non-hydrogen) atoms. The minimum absolute atomic E-state index is 0.0115. The van der Waals surface area contributed by atoms with Crippen LogP contribution in [0.25, 0.3) is 11.1 Å². The summed E-state index contributed by atoms with van der Waals surface area (Å²) in [4.78, 5) is 96.7. The maximum absolute atomic E-state index is 13.0. The first kappa shape index (κ1) is 75.6. The number of hydrogen-bond donors (Lipinski definition) is 11. The number of carboxylic acids is 2. The Labute approximate surface area is 527 Å². The third kappa shape index (κ3) is 30.3. The lowest BCUT2D eigenvalue weighted by Crippen LogP contribution is -2.68. The first-order valence-electron chi connectivity index (χ1n) is 29.8. The van der Waals surface area contributed by atoms with E-state index in [-0.39, 0.29) is 114 Å². The Kier molecular flexibility index (Phi) is 36.8. The van der Waals surface area contributed by atoms with Crippen LogP contribution in [0.15, 0.2) is 72.8 Å². The monoisotopic (exact) mass is 1290 g/mol. The quantitative estimate of drug-likeness (QED) is 0.0345. The number of aliphatic hydroxyl groups is 3. The number of carbonyl (C=O) groups excluding carboxylic acids is 6. The fourth-order valence-electron chi connectivity index (χ4n) is 8.56. The van der Waals surface area contributed by atoms with E-state index in [9.17, 15) is 58.8 Å². The average Bonchev–Trinajstić information content (AvgIpc) is 0.816. The van der Waals surface area contributed by atoms with Crippen molar-refractivity contribution in [3.05, 3.63) is 89.5 Å². The van der Waals surface area contributed by atoms with Crippen molar-refractivity contribution in [3.63, 3.8) is 0 Å². The lowest BCUT2D eigenvalue weighted by molar-refractivity contribution is -0.310. The third-order valence-electron chi connectivity index (χ3n) is 13.3. The SMILES string of the molecule is CC(=O)N[C@H]1[C@H]([C@H](O)[C@H](O)CNC(=O)c2ccc(-c3ccccc3)cc2)O[C@@](OCCCSCCNC(=O)c2ccc(C)c(OCCOCCOCCOCCOCCOCCNC(=O)CCC(=O)NCCOCCNC(=O)CCC(=O)O)c2)(C(=O)O)C[C@@H]1O. The number of carboxylic acid groups (broad SMARTS) is 2. The van der Waals surface area contributed by atoms with Gasteiger partial charge in [0, 0.05) is 82.2 Å². The Morgan fingerprint density at radius 2 is 1.09 bits per heavy atom. The Morgan fingerprint density at radius 3 is 1.63 bits per heavy atom. The number of rotatable bonds is 48. The van der Waals surface area contributed by atoms with Gasteiger partial charge in [-0.3, -0.25) is 33.6 Å². The smallest absolute Gasteiger partial charge is 0.364 e. The molecule has 0 radical (unpaired) electrons. The Hall–Kier alpha value is -6.87. The highest BCUT2D eigenvalue weighted by molar-refractivity contribution is 7.99. The van der Waals surface area contributed by atoms with Crippen LogP contribution < -0.4 is 36.6 Å². The predicted molar refractivity (Wildman–Crippen MR) is 327 cm³/mol. The molecule has 0 aromatic heterocycles. The molecule has 1 saturated heterocycles. The zero-order chi connectivity index (χ0) is 65.4. The number of nitrogens with one attached hydrogen (secondary N) is 6. The molecule has 1 heterocycles. The van der Waals surface area contributed by atoms with E-state index in [1.165, 1.54) is 11.8 Å².